The van der Waals surface area contributed by atoms with Crippen molar-refractivity contribution in [1.82, 2.24) is 30.0 Å². The Balaban J connectivity index is 1.62. The second-order valence-electron chi connectivity index (χ2n) is 7.39. The smallest absolute Gasteiger partial charge is 0.254 e. The summed E-state index contributed by atoms with van der Waals surface area (Å²) in [6, 6.07) is 2.11. The molecule has 3 heterocycles. The first-order valence-corrected chi connectivity index (χ1v) is 9.43. The predicted octanol–water partition coefficient (Wildman–Crippen LogP) is 1.34. The number of aromatic nitrogens is 4. The fraction of sp³-hybridized carbons (Fsp3) is 0.579. The number of hydrogen-bond donors (Lipinski definition) is 1. The molecule has 0 saturated carbocycles. The van der Waals surface area contributed by atoms with Gasteiger partial charge in [-0.2, -0.15) is 5.10 Å². The van der Waals surface area contributed by atoms with Crippen LogP contribution in [0.25, 0.3) is 0 Å². The zero-order chi connectivity index (χ0) is 19.6. The molecule has 0 bridgehead atoms. The average Bonchev–Trinajstić information content (AvgIpc) is 2.98. The van der Waals surface area contributed by atoms with E-state index in [-0.39, 0.29) is 11.9 Å². The van der Waals surface area contributed by atoms with Crippen molar-refractivity contribution in [3.8, 4) is 0 Å². The highest BCUT2D eigenvalue weighted by atomic mass is 16.1. The molecule has 1 N–H and O–H groups in total. The van der Waals surface area contributed by atoms with Gasteiger partial charge in [0.1, 0.15) is 0 Å². The summed E-state index contributed by atoms with van der Waals surface area (Å²) in [4.78, 5) is 26.0. The van der Waals surface area contributed by atoms with E-state index >= 15 is 0 Å². The summed E-state index contributed by atoms with van der Waals surface area (Å²) in [5.41, 5.74) is 3.29. The van der Waals surface area contributed by atoms with Crippen LogP contribution in [0.4, 0.5) is 5.95 Å². The minimum absolute atomic E-state index is 0.0773. The lowest BCUT2D eigenvalue weighted by molar-refractivity contribution is 0.0946. The summed E-state index contributed by atoms with van der Waals surface area (Å²) < 4.78 is 1.94. The molecule has 27 heavy (non-hydrogen) atoms. The van der Waals surface area contributed by atoms with Crippen molar-refractivity contribution in [2.45, 2.75) is 33.7 Å². The minimum atomic E-state index is -0.147. The van der Waals surface area contributed by atoms with Crippen LogP contribution in [0.2, 0.25) is 0 Å². The van der Waals surface area contributed by atoms with E-state index in [1.54, 1.807) is 6.20 Å². The minimum Gasteiger partial charge on any atom is -0.350 e. The van der Waals surface area contributed by atoms with Crippen LogP contribution in [0.5, 0.6) is 0 Å². The Kier molecular flexibility index (Phi) is 5.74. The molecule has 1 amide bonds. The van der Waals surface area contributed by atoms with Gasteiger partial charge in [0.25, 0.3) is 5.91 Å². The summed E-state index contributed by atoms with van der Waals surface area (Å²) in [6.45, 7) is 12.2. The van der Waals surface area contributed by atoms with Crippen LogP contribution in [0.3, 0.4) is 0 Å². The van der Waals surface area contributed by atoms with Gasteiger partial charge in [0.2, 0.25) is 5.95 Å². The zero-order valence-corrected chi connectivity index (χ0v) is 16.9. The Labute approximate surface area is 160 Å². The molecule has 3 rings (SSSR count). The molecule has 0 aliphatic carbocycles. The number of aryl methyl sites for hydroxylation is 3. The lowest BCUT2D eigenvalue weighted by Gasteiger charge is -2.32. The van der Waals surface area contributed by atoms with Crippen molar-refractivity contribution in [2.75, 3.05) is 44.7 Å². The van der Waals surface area contributed by atoms with Crippen LogP contribution >= 0.6 is 0 Å². The first-order chi connectivity index (χ1) is 12.8. The van der Waals surface area contributed by atoms with Crippen LogP contribution in [0.1, 0.15) is 40.4 Å². The molecule has 0 radical (unpaired) electrons. The number of carbonyl (C=O) groups is 1. The van der Waals surface area contributed by atoms with Gasteiger partial charge in [-0.1, -0.05) is 0 Å². The van der Waals surface area contributed by atoms with Gasteiger partial charge in [-0.25, -0.2) is 9.97 Å². The van der Waals surface area contributed by atoms with E-state index in [0.717, 1.165) is 37.6 Å². The second kappa shape index (κ2) is 8.04. The van der Waals surface area contributed by atoms with Gasteiger partial charge in [0.15, 0.2) is 0 Å². The quantitative estimate of drug-likeness (QED) is 0.855. The topological polar surface area (TPSA) is 79.2 Å². The molecule has 0 unspecified atom stereocenters. The summed E-state index contributed by atoms with van der Waals surface area (Å²) in [6.07, 6.45) is 1.64. The maximum absolute atomic E-state index is 12.6. The Morgan fingerprint density at radius 2 is 1.93 bits per heavy atom. The van der Waals surface area contributed by atoms with E-state index in [1.807, 2.05) is 38.4 Å². The number of nitrogens with zero attached hydrogens (tertiary/aromatic N) is 6. The first kappa shape index (κ1) is 19.3. The van der Waals surface area contributed by atoms with Crippen molar-refractivity contribution >= 4 is 11.9 Å². The van der Waals surface area contributed by atoms with Gasteiger partial charge in [-0.3, -0.25) is 9.48 Å². The molecule has 8 heteroatoms. The first-order valence-electron chi connectivity index (χ1n) is 9.43. The summed E-state index contributed by atoms with van der Waals surface area (Å²) in [5, 5.41) is 7.46. The Morgan fingerprint density at radius 1 is 1.22 bits per heavy atom. The third-order valence-corrected chi connectivity index (χ3v) is 5.02. The lowest BCUT2D eigenvalue weighted by Crippen LogP contribution is -2.45. The van der Waals surface area contributed by atoms with E-state index in [4.69, 9.17) is 0 Å². The number of likely N-dealkylation sites (N-methyl/N-ethyl adjacent to an activating group) is 1. The number of rotatable bonds is 5. The third kappa shape index (κ3) is 4.44. The molecule has 1 aliphatic rings. The molecular formula is C19H29N7O. The van der Waals surface area contributed by atoms with E-state index < -0.39 is 0 Å². The lowest BCUT2D eigenvalue weighted by atomic mass is 10.2. The van der Waals surface area contributed by atoms with E-state index in [0.29, 0.717) is 23.8 Å². The maximum Gasteiger partial charge on any atom is 0.254 e. The molecule has 1 atom stereocenters. The fourth-order valence-electron chi connectivity index (χ4n) is 3.35. The molecule has 1 fully saturated rings. The van der Waals surface area contributed by atoms with E-state index in [9.17, 15) is 4.79 Å². The summed E-state index contributed by atoms with van der Waals surface area (Å²) >= 11 is 0. The highest BCUT2D eigenvalue weighted by Crippen LogP contribution is 2.14. The fourth-order valence-corrected chi connectivity index (χ4v) is 3.35. The number of nitrogens with one attached hydrogen (secondary N) is 1. The number of piperazine rings is 1. The molecule has 0 spiro atoms. The van der Waals surface area contributed by atoms with E-state index in [2.05, 4.69) is 37.2 Å². The highest BCUT2D eigenvalue weighted by Gasteiger charge is 2.19. The van der Waals surface area contributed by atoms with Crippen LogP contribution in [0, 0.1) is 20.8 Å². The average molecular weight is 371 g/mol. The Bertz CT molecular complexity index is 808. The SMILES string of the molecule is Cc1cc(C)n([C@@H](C)CNC(=O)c2cnc(N3CCN(C)CC3)nc2C)n1. The molecule has 1 aliphatic heterocycles. The molecule has 2 aromatic rings. The predicted molar refractivity (Wildman–Crippen MR) is 105 cm³/mol. The summed E-state index contributed by atoms with van der Waals surface area (Å²) in [7, 11) is 2.12. The normalized spacial score (nSPS) is 16.4. The van der Waals surface area contributed by atoms with Crippen molar-refractivity contribution in [2.24, 2.45) is 0 Å². The van der Waals surface area contributed by atoms with Gasteiger partial charge in [-0.15, -0.1) is 0 Å². The zero-order valence-electron chi connectivity index (χ0n) is 16.9. The van der Waals surface area contributed by atoms with E-state index in [1.165, 1.54) is 0 Å². The molecule has 8 nitrogen and oxygen atoms in total. The number of anilines is 1. The Morgan fingerprint density at radius 3 is 2.52 bits per heavy atom. The summed E-state index contributed by atoms with van der Waals surface area (Å²) in [5.74, 6) is 0.555. The third-order valence-electron chi connectivity index (χ3n) is 5.02. The molecular weight excluding hydrogens is 342 g/mol. The maximum atomic E-state index is 12.6. The van der Waals surface area contributed by atoms with Crippen LogP contribution in [0.15, 0.2) is 12.3 Å². The second-order valence-corrected chi connectivity index (χ2v) is 7.39. The van der Waals surface area contributed by atoms with Gasteiger partial charge in [0, 0.05) is 44.6 Å². The van der Waals surface area contributed by atoms with Crippen LogP contribution < -0.4 is 10.2 Å². The number of carbonyl (C=O) groups excluding carboxylic acids is 1. The standard InChI is InChI=1S/C19H29N7O/c1-13-10-14(2)26(23-13)15(3)11-20-18(27)17-12-21-19(22-16(17)4)25-8-6-24(5)7-9-25/h10,12,15H,6-9,11H2,1-5H3,(H,20,27)/t15-/m0/s1. The van der Waals surface area contributed by atoms with Gasteiger partial charge < -0.3 is 15.1 Å². The van der Waals surface area contributed by atoms with Gasteiger partial charge in [0.05, 0.1) is 23.0 Å². The Hall–Kier alpha value is -2.48. The van der Waals surface area contributed by atoms with Crippen LogP contribution in [-0.2, 0) is 0 Å². The molecule has 146 valence electrons. The van der Waals surface area contributed by atoms with Crippen LogP contribution in [-0.4, -0.2) is 70.3 Å². The molecule has 0 aromatic carbocycles. The highest BCUT2D eigenvalue weighted by molar-refractivity contribution is 5.95. The van der Waals surface area contributed by atoms with Gasteiger partial charge in [-0.05, 0) is 40.8 Å². The van der Waals surface area contributed by atoms with Crippen molar-refractivity contribution < 1.29 is 4.79 Å². The monoisotopic (exact) mass is 371 g/mol. The van der Waals surface area contributed by atoms with Gasteiger partial charge >= 0.3 is 0 Å². The number of amides is 1. The van der Waals surface area contributed by atoms with Crippen molar-refractivity contribution in [1.29, 1.82) is 0 Å². The van der Waals surface area contributed by atoms with Crippen molar-refractivity contribution in [3.63, 3.8) is 0 Å². The largest absolute Gasteiger partial charge is 0.350 e. The molecule has 2 aromatic heterocycles. The number of hydrogen-bond acceptors (Lipinski definition) is 6. The van der Waals surface area contributed by atoms with Crippen molar-refractivity contribution in [3.05, 3.63) is 34.9 Å². The molecule has 1 saturated heterocycles.